The minimum atomic E-state index is -1.04. The molecule has 136 valence electrons. The second kappa shape index (κ2) is 6.19. The largest absolute Gasteiger partial charge is 0.384 e. The van der Waals surface area contributed by atoms with E-state index in [-0.39, 0.29) is 5.95 Å². The first-order chi connectivity index (χ1) is 12.4. The molecule has 9 nitrogen and oxygen atoms in total. The lowest BCUT2D eigenvalue weighted by atomic mass is 10.1. The molecular weight excluding hydrogens is 334 g/mol. The molecule has 26 heavy (non-hydrogen) atoms. The molecule has 1 aliphatic rings. The number of ether oxygens (including phenoxy) is 1. The number of fused-ring (bicyclic) bond motifs is 1. The molecule has 9 heteroatoms. The Morgan fingerprint density at radius 2 is 1.85 bits per heavy atom. The van der Waals surface area contributed by atoms with Crippen LogP contribution in [0.2, 0.25) is 0 Å². The Bertz CT molecular complexity index is 925. The van der Waals surface area contributed by atoms with E-state index in [1.165, 1.54) is 0 Å². The van der Waals surface area contributed by atoms with Gasteiger partial charge in [-0.15, -0.1) is 5.10 Å². The van der Waals surface area contributed by atoms with Crippen molar-refractivity contribution in [2.75, 3.05) is 36.9 Å². The van der Waals surface area contributed by atoms with E-state index in [0.717, 1.165) is 24.4 Å². The summed E-state index contributed by atoms with van der Waals surface area (Å²) in [5, 5.41) is 15.1. The van der Waals surface area contributed by atoms with Crippen molar-refractivity contribution in [3.63, 3.8) is 0 Å². The first-order valence-electron chi connectivity index (χ1n) is 8.47. The van der Waals surface area contributed by atoms with Gasteiger partial charge in [0.15, 0.2) is 11.6 Å². The predicted octanol–water partition coefficient (Wildman–Crippen LogP) is 0.832. The van der Waals surface area contributed by atoms with Crippen LogP contribution in [0, 0.1) is 0 Å². The van der Waals surface area contributed by atoms with E-state index in [1.807, 2.05) is 12.1 Å². The van der Waals surface area contributed by atoms with Gasteiger partial charge in [0, 0.05) is 25.5 Å². The SMILES string of the molecule is CC(C)(O)c1ccc2c(N3CCOCC3)nc(-c3cnc(N)nc3)nn12. The quantitative estimate of drug-likeness (QED) is 0.710. The molecule has 1 fully saturated rings. The van der Waals surface area contributed by atoms with Crippen LogP contribution in [0.3, 0.4) is 0 Å². The fraction of sp³-hybridized carbons (Fsp3) is 0.412. The summed E-state index contributed by atoms with van der Waals surface area (Å²) in [7, 11) is 0. The lowest BCUT2D eigenvalue weighted by molar-refractivity contribution is 0.0719. The molecule has 0 radical (unpaired) electrons. The first kappa shape index (κ1) is 16.7. The van der Waals surface area contributed by atoms with Gasteiger partial charge in [-0.1, -0.05) is 0 Å². The summed E-state index contributed by atoms with van der Waals surface area (Å²) in [4.78, 5) is 15.0. The Hall–Kier alpha value is -2.78. The second-order valence-electron chi connectivity index (χ2n) is 6.76. The molecule has 1 aliphatic heterocycles. The van der Waals surface area contributed by atoms with E-state index in [2.05, 4.69) is 20.0 Å². The minimum absolute atomic E-state index is 0.196. The lowest BCUT2D eigenvalue weighted by Crippen LogP contribution is -2.37. The second-order valence-corrected chi connectivity index (χ2v) is 6.76. The maximum atomic E-state index is 10.5. The zero-order chi connectivity index (χ0) is 18.3. The molecular formula is C17H21N7O2. The number of anilines is 2. The molecule has 3 aromatic heterocycles. The van der Waals surface area contributed by atoms with Crippen molar-refractivity contribution in [3.05, 3.63) is 30.2 Å². The van der Waals surface area contributed by atoms with Crippen LogP contribution < -0.4 is 10.6 Å². The zero-order valence-corrected chi connectivity index (χ0v) is 14.8. The van der Waals surface area contributed by atoms with E-state index in [0.29, 0.717) is 30.3 Å². The van der Waals surface area contributed by atoms with Crippen molar-refractivity contribution in [1.82, 2.24) is 24.6 Å². The van der Waals surface area contributed by atoms with Gasteiger partial charge in [-0.05, 0) is 26.0 Å². The van der Waals surface area contributed by atoms with Gasteiger partial charge in [0.05, 0.1) is 24.5 Å². The Kier molecular flexibility index (Phi) is 3.97. The minimum Gasteiger partial charge on any atom is -0.384 e. The van der Waals surface area contributed by atoms with Gasteiger partial charge in [-0.2, -0.15) is 0 Å². The molecule has 3 aromatic rings. The highest BCUT2D eigenvalue weighted by molar-refractivity contribution is 5.72. The average molecular weight is 355 g/mol. The predicted molar refractivity (Wildman–Crippen MR) is 96.7 cm³/mol. The van der Waals surface area contributed by atoms with Crippen LogP contribution in [0.1, 0.15) is 19.5 Å². The summed E-state index contributed by atoms with van der Waals surface area (Å²) in [6.45, 7) is 6.25. The van der Waals surface area contributed by atoms with Crippen LogP contribution in [0.5, 0.6) is 0 Å². The monoisotopic (exact) mass is 355 g/mol. The molecule has 3 N–H and O–H groups in total. The molecule has 1 saturated heterocycles. The summed E-state index contributed by atoms with van der Waals surface area (Å²) >= 11 is 0. The van der Waals surface area contributed by atoms with E-state index < -0.39 is 5.60 Å². The van der Waals surface area contributed by atoms with Crippen LogP contribution in [0.15, 0.2) is 24.5 Å². The zero-order valence-electron chi connectivity index (χ0n) is 14.8. The van der Waals surface area contributed by atoms with Crippen molar-refractivity contribution >= 4 is 17.3 Å². The van der Waals surface area contributed by atoms with E-state index >= 15 is 0 Å². The summed E-state index contributed by atoms with van der Waals surface area (Å²) in [5.41, 5.74) is 6.72. The molecule has 0 spiro atoms. The highest BCUT2D eigenvalue weighted by Crippen LogP contribution is 2.29. The smallest absolute Gasteiger partial charge is 0.219 e. The van der Waals surface area contributed by atoms with Gasteiger partial charge in [0.25, 0.3) is 0 Å². The normalized spacial score (nSPS) is 15.6. The topological polar surface area (TPSA) is 115 Å². The van der Waals surface area contributed by atoms with Gasteiger partial charge >= 0.3 is 0 Å². The lowest BCUT2D eigenvalue weighted by Gasteiger charge is -2.28. The Morgan fingerprint density at radius 1 is 1.15 bits per heavy atom. The van der Waals surface area contributed by atoms with E-state index in [1.54, 1.807) is 30.8 Å². The molecule has 0 aromatic carbocycles. The third-order valence-corrected chi connectivity index (χ3v) is 4.36. The fourth-order valence-corrected chi connectivity index (χ4v) is 3.03. The summed E-state index contributed by atoms with van der Waals surface area (Å²) in [6.07, 6.45) is 3.19. The van der Waals surface area contributed by atoms with Crippen LogP contribution in [0.25, 0.3) is 16.9 Å². The summed E-state index contributed by atoms with van der Waals surface area (Å²) in [6, 6.07) is 3.80. The number of aliphatic hydroxyl groups is 1. The summed E-state index contributed by atoms with van der Waals surface area (Å²) < 4.78 is 7.19. The Labute approximate surface area is 150 Å². The molecule has 0 amide bonds. The van der Waals surface area contributed by atoms with Crippen molar-refractivity contribution < 1.29 is 9.84 Å². The fourth-order valence-electron chi connectivity index (χ4n) is 3.03. The van der Waals surface area contributed by atoms with Crippen molar-refractivity contribution in [1.29, 1.82) is 0 Å². The number of nitrogens with zero attached hydrogens (tertiary/aromatic N) is 6. The average Bonchev–Trinajstić information content (AvgIpc) is 3.06. The molecule has 0 bridgehead atoms. The van der Waals surface area contributed by atoms with Gasteiger partial charge in [0.2, 0.25) is 5.95 Å². The highest BCUT2D eigenvalue weighted by Gasteiger charge is 2.25. The van der Waals surface area contributed by atoms with Gasteiger partial charge < -0.3 is 20.5 Å². The molecule has 4 rings (SSSR count). The third-order valence-electron chi connectivity index (χ3n) is 4.36. The molecule has 0 aliphatic carbocycles. The van der Waals surface area contributed by atoms with E-state index in [9.17, 15) is 5.11 Å². The van der Waals surface area contributed by atoms with Crippen molar-refractivity contribution in [2.24, 2.45) is 0 Å². The van der Waals surface area contributed by atoms with Crippen molar-refractivity contribution in [2.45, 2.75) is 19.4 Å². The Morgan fingerprint density at radius 3 is 2.50 bits per heavy atom. The number of hydrogen-bond donors (Lipinski definition) is 2. The number of morpholine rings is 1. The first-order valence-corrected chi connectivity index (χ1v) is 8.47. The third kappa shape index (κ3) is 2.95. The molecule has 0 unspecified atom stereocenters. The number of aromatic nitrogens is 5. The Balaban J connectivity index is 1.93. The maximum absolute atomic E-state index is 10.5. The number of nitrogens with two attached hydrogens (primary N) is 1. The van der Waals surface area contributed by atoms with Gasteiger partial charge in [-0.3, -0.25) is 0 Å². The van der Waals surface area contributed by atoms with Crippen molar-refractivity contribution in [3.8, 4) is 11.4 Å². The van der Waals surface area contributed by atoms with Crippen LogP contribution in [-0.4, -0.2) is 56.0 Å². The molecule has 0 atom stereocenters. The number of rotatable bonds is 3. The number of hydrogen-bond acceptors (Lipinski definition) is 8. The highest BCUT2D eigenvalue weighted by atomic mass is 16.5. The van der Waals surface area contributed by atoms with Crippen LogP contribution in [0.4, 0.5) is 11.8 Å². The maximum Gasteiger partial charge on any atom is 0.219 e. The van der Waals surface area contributed by atoms with Crippen LogP contribution in [-0.2, 0) is 10.3 Å². The van der Waals surface area contributed by atoms with Gasteiger partial charge in [-0.25, -0.2) is 19.5 Å². The molecule has 0 saturated carbocycles. The van der Waals surface area contributed by atoms with E-state index in [4.69, 9.17) is 15.5 Å². The standard InChI is InChI=1S/C17H21N7O2/c1-17(2,25)13-4-3-12-15(23-5-7-26-8-6-23)21-14(22-24(12)13)11-9-19-16(18)20-10-11/h3-4,9-10,25H,5-8H2,1-2H3,(H2,18,19,20). The molecule has 4 heterocycles. The van der Waals surface area contributed by atoms with Gasteiger partial charge in [0.1, 0.15) is 11.1 Å². The van der Waals surface area contributed by atoms with Crippen LogP contribution >= 0.6 is 0 Å². The summed E-state index contributed by atoms with van der Waals surface area (Å²) in [5.74, 6) is 1.47. The number of nitrogen functional groups attached to an aromatic ring is 1.